The van der Waals surface area contributed by atoms with Gasteiger partial charge >= 0.3 is 6.09 Å². The van der Waals surface area contributed by atoms with Gasteiger partial charge in [-0.05, 0) is 12.8 Å². The van der Waals surface area contributed by atoms with E-state index in [9.17, 15) is 9.59 Å². The average Bonchev–Trinajstić information content (AvgIpc) is 3.25. The summed E-state index contributed by atoms with van der Waals surface area (Å²) >= 11 is 0. The first-order valence-corrected chi connectivity index (χ1v) is 8.38. The van der Waals surface area contributed by atoms with Gasteiger partial charge in [0, 0.05) is 27.2 Å². The van der Waals surface area contributed by atoms with Gasteiger partial charge in [-0.15, -0.1) is 0 Å². The minimum atomic E-state index is -0.457. The SMILES string of the molecule is CN(C)c1nc(CNC(=O)CN2CCOC2=O)nc(N2CCCC2)n1. The highest BCUT2D eigenvalue weighted by Gasteiger charge is 2.24. The summed E-state index contributed by atoms with van der Waals surface area (Å²) in [4.78, 5) is 42.0. The summed E-state index contributed by atoms with van der Waals surface area (Å²) in [6.07, 6.45) is 1.80. The van der Waals surface area contributed by atoms with Crippen molar-refractivity contribution in [1.29, 1.82) is 0 Å². The van der Waals surface area contributed by atoms with Crippen LogP contribution >= 0.6 is 0 Å². The monoisotopic (exact) mass is 349 g/mol. The Morgan fingerprint density at radius 1 is 1.20 bits per heavy atom. The van der Waals surface area contributed by atoms with Crippen LogP contribution in [0.4, 0.5) is 16.7 Å². The van der Waals surface area contributed by atoms with E-state index in [2.05, 4.69) is 25.2 Å². The zero-order valence-corrected chi connectivity index (χ0v) is 14.6. The molecule has 0 spiro atoms. The molecule has 10 nitrogen and oxygen atoms in total. The minimum absolute atomic E-state index is 0.0244. The number of carbonyl (C=O) groups excluding carboxylic acids is 2. The second-order valence-electron chi connectivity index (χ2n) is 6.25. The Balaban J connectivity index is 1.64. The zero-order valence-electron chi connectivity index (χ0n) is 14.6. The van der Waals surface area contributed by atoms with Crippen molar-refractivity contribution >= 4 is 23.9 Å². The lowest BCUT2D eigenvalue weighted by Crippen LogP contribution is -2.37. The highest BCUT2D eigenvalue weighted by Crippen LogP contribution is 2.17. The molecule has 25 heavy (non-hydrogen) atoms. The molecule has 10 heteroatoms. The second kappa shape index (κ2) is 7.49. The van der Waals surface area contributed by atoms with E-state index < -0.39 is 6.09 Å². The first-order valence-electron chi connectivity index (χ1n) is 8.38. The maximum absolute atomic E-state index is 12.0. The molecule has 3 rings (SSSR count). The quantitative estimate of drug-likeness (QED) is 0.740. The van der Waals surface area contributed by atoms with Gasteiger partial charge in [0.1, 0.15) is 13.2 Å². The van der Waals surface area contributed by atoms with Crippen molar-refractivity contribution in [3.05, 3.63) is 5.82 Å². The van der Waals surface area contributed by atoms with E-state index in [0.717, 1.165) is 25.9 Å². The molecule has 2 saturated heterocycles. The van der Waals surface area contributed by atoms with E-state index in [4.69, 9.17) is 4.74 Å². The number of anilines is 2. The minimum Gasteiger partial charge on any atom is -0.448 e. The van der Waals surface area contributed by atoms with Crippen LogP contribution in [0.25, 0.3) is 0 Å². The molecule has 0 unspecified atom stereocenters. The number of hydrogen-bond donors (Lipinski definition) is 1. The molecule has 2 amide bonds. The van der Waals surface area contributed by atoms with Gasteiger partial charge in [0.05, 0.1) is 13.1 Å². The fraction of sp³-hybridized carbons (Fsp3) is 0.667. The summed E-state index contributed by atoms with van der Waals surface area (Å²) in [6, 6.07) is 0. The molecule has 0 aromatic carbocycles. The second-order valence-corrected chi connectivity index (χ2v) is 6.25. The van der Waals surface area contributed by atoms with Crippen LogP contribution in [0.5, 0.6) is 0 Å². The number of carbonyl (C=O) groups is 2. The predicted molar refractivity (Wildman–Crippen MR) is 90.4 cm³/mol. The Hall–Kier alpha value is -2.65. The van der Waals surface area contributed by atoms with Crippen molar-refractivity contribution in [3.8, 4) is 0 Å². The topological polar surface area (TPSA) is 104 Å². The normalized spacial score (nSPS) is 17.0. The number of hydrogen-bond acceptors (Lipinski definition) is 8. The first kappa shape index (κ1) is 17.2. The van der Waals surface area contributed by atoms with Crippen LogP contribution in [0, 0.1) is 0 Å². The van der Waals surface area contributed by atoms with E-state index in [1.54, 1.807) is 0 Å². The molecular weight excluding hydrogens is 326 g/mol. The summed E-state index contributed by atoms with van der Waals surface area (Å²) in [5.41, 5.74) is 0. The smallest absolute Gasteiger partial charge is 0.410 e. The number of ether oxygens (including phenoxy) is 1. The third-order valence-corrected chi connectivity index (χ3v) is 4.07. The maximum atomic E-state index is 12.0. The van der Waals surface area contributed by atoms with Crippen molar-refractivity contribution in [2.45, 2.75) is 19.4 Å². The number of aromatic nitrogens is 3. The Morgan fingerprint density at radius 3 is 2.60 bits per heavy atom. The van der Waals surface area contributed by atoms with Crippen LogP contribution in [0.1, 0.15) is 18.7 Å². The summed E-state index contributed by atoms with van der Waals surface area (Å²) in [5, 5.41) is 2.75. The molecule has 0 bridgehead atoms. The van der Waals surface area contributed by atoms with Gasteiger partial charge in [0.2, 0.25) is 17.8 Å². The molecule has 0 aliphatic carbocycles. The van der Waals surface area contributed by atoms with E-state index in [0.29, 0.717) is 30.9 Å². The zero-order chi connectivity index (χ0) is 17.8. The Kier molecular flexibility index (Phi) is 5.15. The highest BCUT2D eigenvalue weighted by atomic mass is 16.6. The third kappa shape index (κ3) is 4.25. The van der Waals surface area contributed by atoms with Crippen molar-refractivity contribution in [3.63, 3.8) is 0 Å². The summed E-state index contributed by atoms with van der Waals surface area (Å²) < 4.78 is 4.81. The van der Waals surface area contributed by atoms with Gasteiger partial charge in [-0.3, -0.25) is 9.69 Å². The van der Waals surface area contributed by atoms with Crippen molar-refractivity contribution in [1.82, 2.24) is 25.2 Å². The molecule has 1 aromatic heterocycles. The van der Waals surface area contributed by atoms with Crippen LogP contribution in [-0.4, -0.2) is 78.7 Å². The Labute approximate surface area is 146 Å². The van der Waals surface area contributed by atoms with E-state index >= 15 is 0 Å². The van der Waals surface area contributed by atoms with Gasteiger partial charge in [0.15, 0.2) is 5.82 Å². The van der Waals surface area contributed by atoms with Crippen LogP contribution in [-0.2, 0) is 16.1 Å². The van der Waals surface area contributed by atoms with E-state index in [-0.39, 0.29) is 19.0 Å². The lowest BCUT2D eigenvalue weighted by atomic mass is 10.4. The lowest BCUT2D eigenvalue weighted by Gasteiger charge is -2.19. The Morgan fingerprint density at radius 2 is 1.96 bits per heavy atom. The lowest BCUT2D eigenvalue weighted by molar-refractivity contribution is -0.121. The number of nitrogens with one attached hydrogen (secondary N) is 1. The molecule has 0 atom stereocenters. The van der Waals surface area contributed by atoms with Gasteiger partial charge in [-0.1, -0.05) is 0 Å². The van der Waals surface area contributed by atoms with Crippen molar-refractivity contribution in [2.24, 2.45) is 0 Å². The number of rotatable bonds is 6. The van der Waals surface area contributed by atoms with Crippen LogP contribution in [0.15, 0.2) is 0 Å². The predicted octanol–water partition coefficient (Wildman–Crippen LogP) is -0.394. The van der Waals surface area contributed by atoms with E-state index in [1.807, 2.05) is 19.0 Å². The molecule has 3 heterocycles. The highest BCUT2D eigenvalue weighted by molar-refractivity contribution is 5.82. The molecule has 1 aromatic rings. The Bertz CT molecular complexity index is 646. The largest absolute Gasteiger partial charge is 0.448 e. The van der Waals surface area contributed by atoms with Gasteiger partial charge < -0.3 is 19.9 Å². The first-order chi connectivity index (χ1) is 12.0. The van der Waals surface area contributed by atoms with Crippen LogP contribution in [0.2, 0.25) is 0 Å². The fourth-order valence-corrected chi connectivity index (χ4v) is 2.71. The standard InChI is InChI=1S/C15H23N7O3/c1-20(2)13-17-11(18-14(19-13)21-5-3-4-6-21)9-16-12(23)10-22-7-8-25-15(22)24/h3-10H2,1-2H3,(H,16,23). The maximum Gasteiger partial charge on any atom is 0.410 e. The molecule has 0 saturated carbocycles. The molecule has 0 radical (unpaired) electrons. The molecule has 136 valence electrons. The van der Waals surface area contributed by atoms with Gasteiger partial charge in [-0.25, -0.2) is 4.79 Å². The van der Waals surface area contributed by atoms with Gasteiger partial charge in [0.25, 0.3) is 0 Å². The van der Waals surface area contributed by atoms with Crippen molar-refractivity contribution < 1.29 is 14.3 Å². The molecule has 2 aliphatic rings. The number of amides is 2. The molecule has 2 fully saturated rings. The van der Waals surface area contributed by atoms with Gasteiger partial charge in [-0.2, -0.15) is 15.0 Å². The summed E-state index contributed by atoms with van der Waals surface area (Å²) in [6.45, 7) is 2.78. The van der Waals surface area contributed by atoms with Crippen LogP contribution < -0.4 is 15.1 Å². The number of cyclic esters (lactones) is 1. The summed E-state index contributed by atoms with van der Waals surface area (Å²) in [7, 11) is 3.73. The fourth-order valence-electron chi connectivity index (χ4n) is 2.71. The van der Waals surface area contributed by atoms with Crippen LogP contribution in [0.3, 0.4) is 0 Å². The molecule has 1 N–H and O–H groups in total. The third-order valence-electron chi connectivity index (χ3n) is 4.07. The average molecular weight is 349 g/mol. The molecule has 2 aliphatic heterocycles. The molecular formula is C15H23N7O3. The van der Waals surface area contributed by atoms with E-state index in [1.165, 1.54) is 4.90 Å². The summed E-state index contributed by atoms with van der Waals surface area (Å²) in [5.74, 6) is 1.43. The number of nitrogens with zero attached hydrogens (tertiary/aromatic N) is 6. The van der Waals surface area contributed by atoms with Crippen molar-refractivity contribution in [2.75, 3.05) is 56.7 Å².